The van der Waals surface area contributed by atoms with Crippen LogP contribution in [0, 0.1) is 0 Å². The molecule has 194 valence electrons. The molecule has 0 aromatic heterocycles. The largest absolute Gasteiger partial charge is 0.342 e. The predicted octanol–water partition coefficient (Wildman–Crippen LogP) is 8.46. The Hall–Kier alpha value is -2.41. The molecule has 6 rings (SSSR count). The zero-order chi connectivity index (χ0) is 26.1. The molecule has 0 saturated heterocycles. The smallest absolute Gasteiger partial charge is 0.323 e. The van der Waals surface area contributed by atoms with E-state index in [-0.39, 0.29) is 0 Å². The Labute approximate surface area is 240 Å². The average molecular weight is 654 g/mol. The minimum atomic E-state index is -2.92. The molecule has 0 unspecified atom stereocenters. The summed E-state index contributed by atoms with van der Waals surface area (Å²) in [5.41, 5.74) is 6.50. The minimum Gasteiger partial charge on any atom is -0.342 e. The standard InChI is InChI=1S/C30H27Br2N2O3P/c31-23-9-13-25(14-10-23)33-19-17-21-5-1-3-7-27(21)29(33)36-38(35)37-30-28-8-4-2-6-22(28)18-20-34(30)26-15-11-24(32)12-16-26/h1-16,29-30,38H,17-20H2/t29-,30-/m0/s1. The molecule has 4 aromatic rings. The molecule has 4 aromatic carbocycles. The summed E-state index contributed by atoms with van der Waals surface area (Å²) in [5, 5.41) is 0. The van der Waals surface area contributed by atoms with Crippen LogP contribution in [-0.4, -0.2) is 13.1 Å². The molecule has 0 N–H and O–H groups in total. The molecule has 2 aliphatic rings. The van der Waals surface area contributed by atoms with Gasteiger partial charge in [-0.15, -0.1) is 0 Å². The Morgan fingerprint density at radius 1 is 0.605 bits per heavy atom. The number of benzene rings is 4. The van der Waals surface area contributed by atoms with E-state index >= 15 is 0 Å². The van der Waals surface area contributed by atoms with Gasteiger partial charge in [-0.05, 0) is 72.5 Å². The van der Waals surface area contributed by atoms with Crippen LogP contribution in [0.2, 0.25) is 0 Å². The fourth-order valence-corrected chi connectivity index (χ4v) is 6.77. The molecule has 0 saturated carbocycles. The van der Waals surface area contributed by atoms with Crippen LogP contribution in [0.1, 0.15) is 34.7 Å². The highest BCUT2D eigenvalue weighted by Crippen LogP contribution is 2.46. The summed E-state index contributed by atoms with van der Waals surface area (Å²) in [6.45, 7) is 1.52. The Kier molecular flexibility index (Phi) is 7.73. The van der Waals surface area contributed by atoms with Gasteiger partial charge in [-0.3, -0.25) is 13.6 Å². The van der Waals surface area contributed by atoms with Gasteiger partial charge in [0.05, 0.1) is 0 Å². The van der Waals surface area contributed by atoms with E-state index in [0.29, 0.717) is 0 Å². The fourth-order valence-electron chi connectivity index (χ4n) is 5.32. The van der Waals surface area contributed by atoms with Crippen molar-refractivity contribution in [3.8, 4) is 0 Å². The Balaban J connectivity index is 1.31. The third-order valence-corrected chi connectivity index (χ3v) is 9.07. The van der Waals surface area contributed by atoms with Gasteiger partial charge in [-0.25, -0.2) is 0 Å². The van der Waals surface area contributed by atoms with E-state index in [2.05, 4.69) is 90.2 Å². The minimum absolute atomic E-state index is 0.507. The summed E-state index contributed by atoms with van der Waals surface area (Å²) >= 11 is 7.05. The lowest BCUT2D eigenvalue weighted by Crippen LogP contribution is -2.37. The molecule has 0 spiro atoms. The van der Waals surface area contributed by atoms with Crippen LogP contribution in [0.4, 0.5) is 11.4 Å². The van der Waals surface area contributed by atoms with Crippen molar-refractivity contribution < 1.29 is 13.6 Å². The molecular weight excluding hydrogens is 627 g/mol. The van der Waals surface area contributed by atoms with Gasteiger partial charge in [0, 0.05) is 44.5 Å². The molecule has 0 radical (unpaired) electrons. The summed E-state index contributed by atoms with van der Waals surface area (Å²) in [4.78, 5) is 4.34. The van der Waals surface area contributed by atoms with E-state index in [4.69, 9.17) is 9.05 Å². The van der Waals surface area contributed by atoms with Crippen LogP contribution in [0.3, 0.4) is 0 Å². The quantitative estimate of drug-likeness (QED) is 0.195. The number of nitrogens with zero attached hydrogens (tertiary/aromatic N) is 2. The second-order valence-electron chi connectivity index (χ2n) is 9.43. The van der Waals surface area contributed by atoms with Crippen molar-refractivity contribution in [3.63, 3.8) is 0 Å². The highest BCUT2D eigenvalue weighted by molar-refractivity contribution is 9.10. The molecule has 38 heavy (non-hydrogen) atoms. The molecule has 8 heteroatoms. The zero-order valence-electron chi connectivity index (χ0n) is 20.6. The number of hydrogen-bond acceptors (Lipinski definition) is 5. The van der Waals surface area contributed by atoms with Gasteiger partial charge in [0.1, 0.15) is 0 Å². The third kappa shape index (κ3) is 5.36. The van der Waals surface area contributed by atoms with Gasteiger partial charge >= 0.3 is 8.25 Å². The van der Waals surface area contributed by atoms with Gasteiger partial charge < -0.3 is 9.80 Å². The molecule has 5 nitrogen and oxygen atoms in total. The van der Waals surface area contributed by atoms with Crippen molar-refractivity contribution in [3.05, 3.63) is 128 Å². The van der Waals surface area contributed by atoms with Crippen molar-refractivity contribution in [2.45, 2.75) is 25.3 Å². The maximum absolute atomic E-state index is 13.7. The van der Waals surface area contributed by atoms with Gasteiger partial charge in [0.15, 0.2) is 12.5 Å². The summed E-state index contributed by atoms with van der Waals surface area (Å²) < 4.78 is 28.4. The fraction of sp³-hybridized carbons (Fsp3) is 0.200. The Morgan fingerprint density at radius 3 is 1.42 bits per heavy atom. The normalized spacial score (nSPS) is 18.8. The van der Waals surface area contributed by atoms with E-state index in [1.165, 1.54) is 11.1 Å². The number of hydrogen-bond donors (Lipinski definition) is 0. The van der Waals surface area contributed by atoms with Crippen LogP contribution in [0.5, 0.6) is 0 Å². The Morgan fingerprint density at radius 2 is 1.00 bits per heavy atom. The van der Waals surface area contributed by atoms with E-state index in [1.807, 2.05) is 48.5 Å². The lowest BCUT2D eigenvalue weighted by atomic mass is 9.98. The highest BCUT2D eigenvalue weighted by Gasteiger charge is 2.34. The zero-order valence-corrected chi connectivity index (χ0v) is 24.8. The van der Waals surface area contributed by atoms with Crippen LogP contribution >= 0.6 is 40.1 Å². The van der Waals surface area contributed by atoms with Crippen molar-refractivity contribution in [2.24, 2.45) is 0 Å². The molecule has 0 fully saturated rings. The first-order valence-electron chi connectivity index (χ1n) is 12.6. The highest BCUT2D eigenvalue weighted by atomic mass is 79.9. The first kappa shape index (κ1) is 25.8. The number of halogens is 2. The van der Waals surface area contributed by atoms with Gasteiger partial charge in [-0.1, -0.05) is 80.4 Å². The number of fused-ring (bicyclic) bond motifs is 2. The SMILES string of the molecule is O=[PH](O[C@H]1c2ccccc2CCN1c1ccc(Br)cc1)O[C@H]1c2ccccc2CCN1c1ccc(Br)cc1. The van der Waals surface area contributed by atoms with E-state index in [0.717, 1.165) is 57.4 Å². The van der Waals surface area contributed by atoms with Gasteiger partial charge in [-0.2, -0.15) is 0 Å². The number of anilines is 2. The molecule has 0 aliphatic carbocycles. The predicted molar refractivity (Wildman–Crippen MR) is 160 cm³/mol. The topological polar surface area (TPSA) is 42.0 Å². The first-order valence-corrected chi connectivity index (χ1v) is 15.5. The molecule has 0 bridgehead atoms. The maximum Gasteiger partial charge on any atom is 0.323 e. The van der Waals surface area contributed by atoms with Gasteiger partial charge in [0.2, 0.25) is 0 Å². The van der Waals surface area contributed by atoms with E-state index in [1.54, 1.807) is 0 Å². The van der Waals surface area contributed by atoms with Gasteiger partial charge in [0.25, 0.3) is 0 Å². The Bertz CT molecular complexity index is 1340. The van der Waals surface area contributed by atoms with Crippen LogP contribution < -0.4 is 9.80 Å². The lowest BCUT2D eigenvalue weighted by Gasteiger charge is -2.40. The monoisotopic (exact) mass is 652 g/mol. The number of rotatable bonds is 6. The maximum atomic E-state index is 13.7. The van der Waals surface area contributed by atoms with Crippen molar-refractivity contribution in [2.75, 3.05) is 22.9 Å². The molecule has 2 aliphatic heterocycles. The molecule has 2 heterocycles. The first-order chi connectivity index (χ1) is 18.6. The summed E-state index contributed by atoms with van der Waals surface area (Å²) in [6.07, 6.45) is 0.766. The third-order valence-electron chi connectivity index (χ3n) is 7.18. The van der Waals surface area contributed by atoms with Crippen LogP contribution in [0.25, 0.3) is 0 Å². The lowest BCUT2D eigenvalue weighted by molar-refractivity contribution is 0.119. The summed E-state index contributed by atoms with van der Waals surface area (Å²) in [5.74, 6) is 0. The second-order valence-corrected chi connectivity index (χ2v) is 12.2. The van der Waals surface area contributed by atoms with E-state index < -0.39 is 20.7 Å². The van der Waals surface area contributed by atoms with Crippen LogP contribution in [0.15, 0.2) is 106 Å². The van der Waals surface area contributed by atoms with E-state index in [9.17, 15) is 4.57 Å². The summed E-state index contributed by atoms with van der Waals surface area (Å²) in [7, 11) is -2.92. The molecular formula is C30H27Br2N2O3P. The molecule has 0 amide bonds. The van der Waals surface area contributed by atoms with Crippen molar-refractivity contribution in [1.82, 2.24) is 0 Å². The average Bonchev–Trinajstić information content (AvgIpc) is 2.94. The second kappa shape index (κ2) is 11.4. The van der Waals surface area contributed by atoms with Crippen molar-refractivity contribution >= 4 is 51.5 Å². The summed E-state index contributed by atoms with van der Waals surface area (Å²) in [6, 6.07) is 32.7. The van der Waals surface area contributed by atoms with Crippen molar-refractivity contribution in [1.29, 1.82) is 0 Å². The van der Waals surface area contributed by atoms with Crippen LogP contribution in [-0.2, 0) is 26.5 Å². The molecule has 2 atom stereocenters.